The smallest absolute Gasteiger partial charge is 0.175 e. The van der Waals surface area contributed by atoms with E-state index in [4.69, 9.17) is 0 Å². The first kappa shape index (κ1) is 15.1. The molecule has 0 fully saturated rings. The molecule has 0 aliphatic heterocycles. The predicted molar refractivity (Wildman–Crippen MR) is 77.5 cm³/mol. The van der Waals surface area contributed by atoms with Crippen molar-refractivity contribution in [1.82, 2.24) is 0 Å². The molecule has 0 spiro atoms. The van der Waals surface area contributed by atoms with E-state index in [1.54, 1.807) is 0 Å². The van der Waals surface area contributed by atoms with E-state index < -0.39 is 10.8 Å². The average Bonchev–Trinajstić information content (AvgIpc) is 2.29. The van der Waals surface area contributed by atoms with Gasteiger partial charge in [-0.15, -0.1) is 0 Å². The second kappa shape index (κ2) is 6.28. The maximum atomic E-state index is 12.0. The van der Waals surface area contributed by atoms with Crippen LogP contribution >= 0.6 is 0 Å². The fourth-order valence-corrected chi connectivity index (χ4v) is 2.40. The Balaban J connectivity index is 2.70. The van der Waals surface area contributed by atoms with Gasteiger partial charge in [0.25, 0.3) is 0 Å². The fourth-order valence-electron chi connectivity index (χ4n) is 1.56. The second-order valence-electron chi connectivity index (χ2n) is 5.47. The Bertz CT molecular complexity index is 427. The van der Waals surface area contributed by atoms with E-state index in [1.807, 2.05) is 45.0 Å². The summed E-state index contributed by atoms with van der Waals surface area (Å²) in [5, 5.41) is 0. The van der Waals surface area contributed by atoms with Crippen LogP contribution in [0.4, 0.5) is 0 Å². The third-order valence-corrected chi connectivity index (χ3v) is 4.65. The van der Waals surface area contributed by atoms with Crippen LogP contribution in [0.5, 0.6) is 0 Å². The molecule has 0 N–H and O–H groups in total. The van der Waals surface area contributed by atoms with Gasteiger partial charge >= 0.3 is 0 Å². The third-order valence-electron chi connectivity index (χ3n) is 2.76. The Labute approximate surface area is 112 Å². The van der Waals surface area contributed by atoms with Gasteiger partial charge in [0.1, 0.15) is 0 Å². The number of benzene rings is 1. The molecule has 0 aromatic heterocycles. The van der Waals surface area contributed by atoms with Crippen molar-refractivity contribution in [1.29, 1.82) is 0 Å². The molecule has 1 aromatic carbocycles. The number of aryl methyl sites for hydroxylation is 1. The van der Waals surface area contributed by atoms with Crippen molar-refractivity contribution in [2.24, 2.45) is 0 Å². The second-order valence-corrected chi connectivity index (χ2v) is 7.68. The first-order valence-electron chi connectivity index (χ1n) is 6.35. The van der Waals surface area contributed by atoms with Crippen LogP contribution in [0.15, 0.2) is 24.3 Å². The summed E-state index contributed by atoms with van der Waals surface area (Å²) < 4.78 is 11.6. The first-order valence-corrected chi connectivity index (χ1v) is 7.67. The summed E-state index contributed by atoms with van der Waals surface area (Å²) in [4.78, 5) is 12.0. The van der Waals surface area contributed by atoms with E-state index in [0.717, 1.165) is 12.8 Å². The molecule has 100 valence electrons. The van der Waals surface area contributed by atoms with Crippen LogP contribution in [-0.2, 0) is 17.2 Å². The van der Waals surface area contributed by atoms with Gasteiger partial charge in [0.15, 0.2) is 5.78 Å². The van der Waals surface area contributed by atoms with Crippen molar-refractivity contribution in [2.75, 3.05) is 5.75 Å². The summed E-state index contributed by atoms with van der Waals surface area (Å²) in [7, 11) is -1.13. The highest BCUT2D eigenvalue weighted by Crippen LogP contribution is 2.14. The molecule has 0 saturated heterocycles. The van der Waals surface area contributed by atoms with Gasteiger partial charge in [-0.05, 0) is 32.8 Å². The van der Waals surface area contributed by atoms with Crippen LogP contribution in [0.3, 0.4) is 0 Å². The zero-order valence-electron chi connectivity index (χ0n) is 11.7. The summed E-state index contributed by atoms with van der Waals surface area (Å²) in [5.74, 6) is 0.0719. The van der Waals surface area contributed by atoms with Crippen molar-refractivity contribution < 1.29 is 9.00 Å². The quantitative estimate of drug-likeness (QED) is 0.766. The van der Waals surface area contributed by atoms with Crippen molar-refractivity contribution in [3.05, 3.63) is 35.4 Å². The Hall–Kier alpha value is -0.960. The molecule has 3 heteroatoms. The zero-order chi connectivity index (χ0) is 13.8. The highest BCUT2D eigenvalue weighted by atomic mass is 32.2. The molecule has 2 nitrogen and oxygen atoms in total. The van der Waals surface area contributed by atoms with Gasteiger partial charge in [-0.25, -0.2) is 0 Å². The normalized spacial score (nSPS) is 13.3. The van der Waals surface area contributed by atoms with Gasteiger partial charge < -0.3 is 0 Å². The molecular formula is C15H22O2S. The fraction of sp³-hybridized carbons (Fsp3) is 0.533. The molecule has 0 radical (unpaired) electrons. The van der Waals surface area contributed by atoms with Crippen LogP contribution in [0.1, 0.15) is 50.0 Å². The van der Waals surface area contributed by atoms with E-state index >= 15 is 0 Å². The van der Waals surface area contributed by atoms with E-state index in [9.17, 15) is 9.00 Å². The predicted octanol–water partition coefficient (Wildman–Crippen LogP) is 3.37. The molecule has 0 aliphatic carbocycles. The minimum absolute atomic E-state index is 0.0358. The van der Waals surface area contributed by atoms with Crippen LogP contribution < -0.4 is 0 Å². The van der Waals surface area contributed by atoms with Crippen LogP contribution in [0.25, 0.3) is 0 Å². The van der Waals surface area contributed by atoms with Crippen molar-refractivity contribution in [2.45, 2.75) is 45.3 Å². The van der Waals surface area contributed by atoms with Crippen molar-refractivity contribution >= 4 is 16.6 Å². The third kappa shape index (κ3) is 4.37. The molecule has 0 aliphatic rings. The lowest BCUT2D eigenvalue weighted by atomic mass is 10.1. The molecular weight excluding hydrogens is 244 g/mol. The molecule has 1 unspecified atom stereocenters. The van der Waals surface area contributed by atoms with E-state index in [-0.39, 0.29) is 16.3 Å². The Morgan fingerprint density at radius 3 is 2.17 bits per heavy atom. The molecule has 0 amide bonds. The van der Waals surface area contributed by atoms with E-state index in [1.165, 1.54) is 5.56 Å². The number of hydrogen-bond acceptors (Lipinski definition) is 2. The van der Waals surface area contributed by atoms with Gasteiger partial charge in [-0.3, -0.25) is 9.00 Å². The van der Waals surface area contributed by atoms with Gasteiger partial charge in [0.2, 0.25) is 0 Å². The largest absolute Gasteiger partial charge is 0.293 e. The zero-order valence-corrected chi connectivity index (χ0v) is 12.5. The topological polar surface area (TPSA) is 34.1 Å². The van der Waals surface area contributed by atoms with Crippen molar-refractivity contribution in [3.8, 4) is 0 Å². The van der Waals surface area contributed by atoms with Gasteiger partial charge in [-0.2, -0.15) is 0 Å². The highest BCUT2D eigenvalue weighted by molar-refractivity contribution is 7.87. The molecule has 0 heterocycles. The standard InChI is InChI=1S/C15H22O2S/c1-5-6-12-7-9-13(10-8-12)14(16)11-18(17)15(2,3)4/h7-10H,5-6,11H2,1-4H3. The lowest BCUT2D eigenvalue weighted by Gasteiger charge is -2.16. The van der Waals surface area contributed by atoms with Gasteiger partial charge in [0, 0.05) is 21.1 Å². The number of carbonyl (C=O) groups is 1. The maximum absolute atomic E-state index is 12.0. The minimum atomic E-state index is -1.13. The Kier molecular flexibility index (Phi) is 5.27. The molecule has 1 aromatic rings. The molecule has 1 rings (SSSR count). The molecule has 1 atom stereocenters. The van der Waals surface area contributed by atoms with Crippen LogP contribution in [-0.4, -0.2) is 20.5 Å². The molecule has 0 bridgehead atoms. The number of rotatable bonds is 5. The van der Waals surface area contributed by atoms with Crippen LogP contribution in [0.2, 0.25) is 0 Å². The first-order chi connectivity index (χ1) is 8.34. The maximum Gasteiger partial charge on any atom is 0.175 e. The Morgan fingerprint density at radius 1 is 1.17 bits per heavy atom. The Morgan fingerprint density at radius 2 is 1.72 bits per heavy atom. The van der Waals surface area contributed by atoms with Crippen LogP contribution in [0, 0.1) is 0 Å². The number of ketones is 1. The summed E-state index contributed by atoms with van der Waals surface area (Å²) >= 11 is 0. The number of hydrogen-bond donors (Lipinski definition) is 0. The molecule has 0 saturated carbocycles. The van der Waals surface area contributed by atoms with Crippen molar-refractivity contribution in [3.63, 3.8) is 0 Å². The number of Topliss-reactive ketones (excluding diaryl/α,β-unsaturated/α-hetero) is 1. The SMILES string of the molecule is CCCc1ccc(C(=O)CS(=O)C(C)(C)C)cc1. The van der Waals surface area contributed by atoms with E-state index in [0.29, 0.717) is 5.56 Å². The van der Waals surface area contributed by atoms with E-state index in [2.05, 4.69) is 6.92 Å². The van der Waals surface area contributed by atoms with Gasteiger partial charge in [-0.1, -0.05) is 37.6 Å². The van der Waals surface area contributed by atoms with Gasteiger partial charge in [0.05, 0.1) is 5.75 Å². The summed E-state index contributed by atoms with van der Waals surface area (Å²) in [5.41, 5.74) is 1.90. The monoisotopic (exact) mass is 266 g/mol. The summed E-state index contributed by atoms with van der Waals surface area (Å²) in [6.07, 6.45) is 2.13. The summed E-state index contributed by atoms with van der Waals surface area (Å²) in [6.45, 7) is 7.80. The molecule has 18 heavy (non-hydrogen) atoms. The highest BCUT2D eigenvalue weighted by Gasteiger charge is 2.22. The average molecular weight is 266 g/mol. The number of carbonyl (C=O) groups excluding carboxylic acids is 1. The minimum Gasteiger partial charge on any atom is -0.293 e. The summed E-state index contributed by atoms with van der Waals surface area (Å²) in [6, 6.07) is 7.65. The lowest BCUT2D eigenvalue weighted by molar-refractivity contribution is 0.102. The lowest BCUT2D eigenvalue weighted by Crippen LogP contribution is -2.27.